The molecule has 20 heavy (non-hydrogen) atoms. The van der Waals surface area contributed by atoms with Crippen LogP contribution in [0.4, 0.5) is 11.5 Å². The second-order valence-corrected chi connectivity index (χ2v) is 4.45. The zero-order valence-electron chi connectivity index (χ0n) is 10.5. The number of aromatic carboxylic acids is 1. The number of benzene rings is 1. The van der Waals surface area contributed by atoms with E-state index in [2.05, 4.69) is 4.98 Å². The number of carbonyl (C=O) groups is 1. The van der Waals surface area contributed by atoms with E-state index in [1.807, 2.05) is 6.07 Å². The molecule has 0 amide bonds. The van der Waals surface area contributed by atoms with Crippen molar-refractivity contribution in [2.75, 3.05) is 11.9 Å². The molecule has 0 aliphatic rings. The van der Waals surface area contributed by atoms with E-state index >= 15 is 0 Å². The highest BCUT2D eigenvalue weighted by molar-refractivity contribution is 6.33. The van der Waals surface area contributed by atoms with E-state index in [1.54, 1.807) is 36.2 Å². The smallest absolute Gasteiger partial charge is 0.337 e. The predicted octanol–water partition coefficient (Wildman–Crippen LogP) is 3.07. The Morgan fingerprint density at radius 1 is 1.40 bits per heavy atom. The summed E-state index contributed by atoms with van der Waals surface area (Å²) in [4.78, 5) is 16.9. The normalized spacial score (nSPS) is 9.85. The molecule has 1 aromatic carbocycles. The van der Waals surface area contributed by atoms with Crippen molar-refractivity contribution in [2.24, 2.45) is 0 Å². The Bertz CT molecular complexity index is 693. The van der Waals surface area contributed by atoms with Crippen LogP contribution in [0.2, 0.25) is 5.02 Å². The standard InChI is InChI=1S/C14H10ClN3O2/c1-18(10-4-2-9(7-16)3-5-10)13-6-11(14(19)20)12(15)8-17-13/h2-6,8H,1H3,(H,19,20). The van der Waals surface area contributed by atoms with E-state index in [1.165, 1.54) is 12.3 Å². The average Bonchev–Trinajstić information content (AvgIpc) is 2.47. The highest BCUT2D eigenvalue weighted by atomic mass is 35.5. The van der Waals surface area contributed by atoms with Gasteiger partial charge in [0.15, 0.2) is 0 Å². The van der Waals surface area contributed by atoms with Gasteiger partial charge in [0.05, 0.1) is 22.2 Å². The molecule has 0 fully saturated rings. The van der Waals surface area contributed by atoms with Gasteiger partial charge in [-0.05, 0) is 30.3 Å². The molecule has 0 bridgehead atoms. The highest BCUT2D eigenvalue weighted by Crippen LogP contribution is 2.25. The van der Waals surface area contributed by atoms with Crippen LogP contribution >= 0.6 is 11.6 Å². The topological polar surface area (TPSA) is 77.2 Å². The van der Waals surface area contributed by atoms with Gasteiger partial charge in [-0.2, -0.15) is 5.26 Å². The first-order valence-electron chi connectivity index (χ1n) is 5.65. The third kappa shape index (κ3) is 2.71. The third-order valence-corrected chi connectivity index (χ3v) is 3.10. The fourth-order valence-electron chi connectivity index (χ4n) is 1.67. The molecule has 0 aliphatic heterocycles. The van der Waals surface area contributed by atoms with Crippen LogP contribution in [0.1, 0.15) is 15.9 Å². The number of nitrogens with zero attached hydrogens (tertiary/aromatic N) is 3. The molecular weight excluding hydrogens is 278 g/mol. The van der Waals surface area contributed by atoms with Crippen LogP contribution in [0.3, 0.4) is 0 Å². The van der Waals surface area contributed by atoms with Crippen LogP contribution < -0.4 is 4.90 Å². The van der Waals surface area contributed by atoms with Crippen molar-refractivity contribution in [2.45, 2.75) is 0 Å². The van der Waals surface area contributed by atoms with Crippen molar-refractivity contribution in [1.29, 1.82) is 5.26 Å². The van der Waals surface area contributed by atoms with Crippen molar-refractivity contribution >= 4 is 29.1 Å². The SMILES string of the molecule is CN(c1ccc(C#N)cc1)c1cc(C(=O)O)c(Cl)cn1. The summed E-state index contributed by atoms with van der Waals surface area (Å²) in [5.74, 6) is -0.650. The average molecular weight is 288 g/mol. The van der Waals surface area contributed by atoms with Gasteiger partial charge >= 0.3 is 5.97 Å². The lowest BCUT2D eigenvalue weighted by atomic mass is 10.2. The van der Waals surface area contributed by atoms with Crippen LogP contribution in [-0.4, -0.2) is 23.1 Å². The van der Waals surface area contributed by atoms with E-state index in [0.29, 0.717) is 11.4 Å². The lowest BCUT2D eigenvalue weighted by molar-refractivity contribution is 0.0697. The Labute approximate surface area is 120 Å². The molecule has 0 saturated carbocycles. The molecule has 0 radical (unpaired) electrons. The molecule has 2 aromatic rings. The number of carboxylic acids is 1. The molecule has 0 atom stereocenters. The molecule has 0 aliphatic carbocycles. The number of anilines is 2. The van der Waals surface area contributed by atoms with Crippen LogP contribution in [-0.2, 0) is 0 Å². The van der Waals surface area contributed by atoms with Gasteiger partial charge in [-0.15, -0.1) is 0 Å². The summed E-state index contributed by atoms with van der Waals surface area (Å²) in [6.07, 6.45) is 1.31. The highest BCUT2D eigenvalue weighted by Gasteiger charge is 2.13. The van der Waals surface area contributed by atoms with Gasteiger partial charge in [0.25, 0.3) is 0 Å². The zero-order valence-corrected chi connectivity index (χ0v) is 11.3. The molecule has 1 aromatic heterocycles. The van der Waals surface area contributed by atoms with Crippen LogP contribution in [0.25, 0.3) is 0 Å². The minimum Gasteiger partial charge on any atom is -0.478 e. The first-order chi connectivity index (χ1) is 9.52. The van der Waals surface area contributed by atoms with Gasteiger partial charge < -0.3 is 10.0 Å². The number of hydrogen-bond donors (Lipinski definition) is 1. The first-order valence-corrected chi connectivity index (χ1v) is 6.03. The summed E-state index contributed by atoms with van der Waals surface area (Å²) in [6, 6.07) is 10.3. The van der Waals surface area contributed by atoms with Crippen LogP contribution in [0.15, 0.2) is 36.5 Å². The third-order valence-electron chi connectivity index (χ3n) is 2.80. The van der Waals surface area contributed by atoms with E-state index in [4.69, 9.17) is 22.0 Å². The largest absolute Gasteiger partial charge is 0.478 e. The molecular formula is C14H10ClN3O2. The summed E-state index contributed by atoms with van der Waals surface area (Å²) in [5.41, 5.74) is 1.34. The summed E-state index contributed by atoms with van der Waals surface area (Å²) in [7, 11) is 1.75. The molecule has 5 nitrogen and oxygen atoms in total. The fourth-order valence-corrected chi connectivity index (χ4v) is 1.85. The molecule has 0 unspecified atom stereocenters. The van der Waals surface area contributed by atoms with Crippen molar-refractivity contribution in [1.82, 2.24) is 4.98 Å². The van der Waals surface area contributed by atoms with E-state index in [0.717, 1.165) is 5.69 Å². The monoisotopic (exact) mass is 287 g/mol. The molecule has 1 heterocycles. The van der Waals surface area contributed by atoms with Gasteiger partial charge in [0.2, 0.25) is 0 Å². The first kappa shape index (κ1) is 13.8. The summed E-state index contributed by atoms with van der Waals surface area (Å²) in [6.45, 7) is 0. The number of hydrogen-bond acceptors (Lipinski definition) is 4. The Morgan fingerprint density at radius 2 is 2.05 bits per heavy atom. The summed E-state index contributed by atoms with van der Waals surface area (Å²) in [5, 5.41) is 17.9. The Hall–Kier alpha value is -2.58. The molecule has 100 valence electrons. The number of pyridine rings is 1. The summed E-state index contributed by atoms with van der Waals surface area (Å²) < 4.78 is 0. The van der Waals surface area contributed by atoms with E-state index in [9.17, 15) is 4.79 Å². The lowest BCUT2D eigenvalue weighted by Gasteiger charge is -2.18. The van der Waals surface area contributed by atoms with Crippen molar-refractivity contribution < 1.29 is 9.90 Å². The van der Waals surface area contributed by atoms with E-state index < -0.39 is 5.97 Å². The van der Waals surface area contributed by atoms with Gasteiger partial charge in [-0.3, -0.25) is 0 Å². The number of nitriles is 1. The number of rotatable bonds is 3. The Balaban J connectivity index is 2.37. The van der Waals surface area contributed by atoms with Crippen LogP contribution in [0, 0.1) is 11.3 Å². The van der Waals surface area contributed by atoms with E-state index in [-0.39, 0.29) is 10.6 Å². The second kappa shape index (κ2) is 5.59. The van der Waals surface area contributed by atoms with Crippen molar-refractivity contribution in [3.63, 3.8) is 0 Å². The Morgan fingerprint density at radius 3 is 2.60 bits per heavy atom. The zero-order chi connectivity index (χ0) is 14.7. The fraction of sp³-hybridized carbons (Fsp3) is 0.0714. The predicted molar refractivity (Wildman–Crippen MR) is 75.4 cm³/mol. The minimum atomic E-state index is -1.10. The van der Waals surface area contributed by atoms with Gasteiger partial charge in [-0.1, -0.05) is 11.6 Å². The second-order valence-electron chi connectivity index (χ2n) is 4.05. The van der Waals surface area contributed by atoms with Crippen molar-refractivity contribution in [3.8, 4) is 6.07 Å². The maximum Gasteiger partial charge on any atom is 0.337 e. The van der Waals surface area contributed by atoms with Crippen LogP contribution in [0.5, 0.6) is 0 Å². The maximum absolute atomic E-state index is 11.0. The molecule has 2 rings (SSSR count). The Kier molecular flexibility index (Phi) is 3.87. The molecule has 0 spiro atoms. The number of halogens is 1. The van der Waals surface area contributed by atoms with Gasteiger partial charge in [-0.25, -0.2) is 9.78 Å². The maximum atomic E-state index is 11.0. The van der Waals surface area contributed by atoms with Gasteiger partial charge in [0, 0.05) is 18.9 Å². The number of aromatic nitrogens is 1. The summed E-state index contributed by atoms with van der Waals surface area (Å²) >= 11 is 5.78. The minimum absolute atomic E-state index is 0.00263. The number of carboxylic acid groups (broad SMARTS) is 1. The lowest BCUT2D eigenvalue weighted by Crippen LogP contribution is -2.12. The molecule has 6 heteroatoms. The quantitative estimate of drug-likeness (QED) is 0.938. The van der Waals surface area contributed by atoms with Gasteiger partial charge in [0.1, 0.15) is 5.82 Å². The molecule has 0 saturated heterocycles. The van der Waals surface area contributed by atoms with Crippen molar-refractivity contribution in [3.05, 3.63) is 52.7 Å². The molecule has 1 N–H and O–H groups in total.